The Morgan fingerprint density at radius 3 is 2.39 bits per heavy atom. The molecule has 2 aromatic heterocycles. The first kappa shape index (κ1) is 34.8. The smallest absolute Gasteiger partial charge is 0.410 e. The van der Waals surface area contributed by atoms with E-state index in [1.165, 1.54) is 10.9 Å². The third-order valence-electron chi connectivity index (χ3n) is 10.4. The summed E-state index contributed by atoms with van der Waals surface area (Å²) in [6, 6.07) is 19.9. The second-order valence-electron chi connectivity index (χ2n) is 15.1. The zero-order valence-corrected chi connectivity index (χ0v) is 29.7. The summed E-state index contributed by atoms with van der Waals surface area (Å²) in [5, 5.41) is 12.2. The molecule has 0 radical (unpaired) electrons. The number of rotatable bonds is 6. The van der Waals surface area contributed by atoms with Gasteiger partial charge in [0.25, 0.3) is 5.56 Å². The average Bonchev–Trinajstić information content (AvgIpc) is 3.58. The highest BCUT2D eigenvalue weighted by Crippen LogP contribution is 2.36. The highest BCUT2D eigenvalue weighted by Gasteiger charge is 2.42. The lowest BCUT2D eigenvalue weighted by Gasteiger charge is -2.43. The standard InChI is InChI=1S/C39H48N6O6/c1-38(2,3)51-37(48)43-16-12-31(33(25-43)28-8-5-4-6-9-28)35(46)42-18-14-39(49,15-19-42)26-44-27-40-34-32(36(44)47)13-17-45(34)30-11-7-10-29(24-30)41-20-22-50-23-21-41/h4-11,13,17,24,27,31,33,49H,12,14-16,18-23,25-26H2,1-3H3/t31-,33+/m1/s1. The monoisotopic (exact) mass is 696 g/mol. The van der Waals surface area contributed by atoms with Crippen LogP contribution in [0.5, 0.6) is 0 Å². The number of ether oxygens (including phenoxy) is 2. The Bertz CT molecular complexity index is 1920. The molecule has 2 atom stereocenters. The number of fused-ring (bicyclic) bond motifs is 1. The quantitative estimate of drug-likeness (QED) is 0.315. The van der Waals surface area contributed by atoms with Gasteiger partial charge in [-0.25, -0.2) is 9.78 Å². The summed E-state index contributed by atoms with van der Waals surface area (Å²) in [6.45, 7) is 10.3. The van der Waals surface area contributed by atoms with Crippen molar-refractivity contribution < 1.29 is 24.2 Å². The largest absolute Gasteiger partial charge is 0.444 e. The molecule has 3 saturated heterocycles. The van der Waals surface area contributed by atoms with E-state index in [9.17, 15) is 19.5 Å². The molecule has 0 aliphatic carbocycles. The zero-order chi connectivity index (χ0) is 35.8. The van der Waals surface area contributed by atoms with E-state index >= 15 is 0 Å². The molecule has 2 amide bonds. The lowest BCUT2D eigenvalue weighted by molar-refractivity contribution is -0.142. The number of hydrogen-bond donors (Lipinski definition) is 1. The molecule has 270 valence electrons. The van der Waals surface area contributed by atoms with Crippen LogP contribution in [0.4, 0.5) is 10.5 Å². The van der Waals surface area contributed by atoms with Crippen LogP contribution in [0.2, 0.25) is 0 Å². The van der Waals surface area contributed by atoms with Crippen molar-refractivity contribution in [2.75, 3.05) is 57.4 Å². The number of morpholine rings is 1. The van der Waals surface area contributed by atoms with E-state index in [-0.39, 0.29) is 35.9 Å². The predicted molar refractivity (Wildman–Crippen MR) is 194 cm³/mol. The first-order valence-electron chi connectivity index (χ1n) is 18.0. The first-order valence-corrected chi connectivity index (χ1v) is 18.0. The maximum Gasteiger partial charge on any atom is 0.410 e. The summed E-state index contributed by atoms with van der Waals surface area (Å²) in [6.07, 6.45) is 4.22. The van der Waals surface area contributed by atoms with Gasteiger partial charge in [-0.2, -0.15) is 0 Å². The van der Waals surface area contributed by atoms with Gasteiger partial charge >= 0.3 is 6.09 Å². The number of benzene rings is 2. The highest BCUT2D eigenvalue weighted by atomic mass is 16.6. The number of aromatic nitrogens is 3. The Labute approximate surface area is 298 Å². The number of nitrogens with zero attached hydrogens (tertiary/aromatic N) is 6. The molecular formula is C39H48N6O6. The number of amides is 2. The fourth-order valence-electron chi connectivity index (χ4n) is 7.67. The van der Waals surface area contributed by atoms with Crippen LogP contribution in [0.15, 0.2) is 78.0 Å². The number of carbonyl (C=O) groups is 2. The van der Waals surface area contributed by atoms with Gasteiger partial charge in [-0.15, -0.1) is 0 Å². The van der Waals surface area contributed by atoms with Gasteiger partial charge in [0.15, 0.2) is 5.65 Å². The van der Waals surface area contributed by atoms with Gasteiger partial charge in [-0.1, -0.05) is 36.4 Å². The topological polar surface area (TPSA) is 122 Å². The Hall–Kier alpha value is -4.68. The van der Waals surface area contributed by atoms with Crippen LogP contribution < -0.4 is 10.5 Å². The minimum absolute atomic E-state index is 0.0361. The van der Waals surface area contributed by atoms with E-state index in [4.69, 9.17) is 9.47 Å². The first-order chi connectivity index (χ1) is 24.5. The third-order valence-corrected chi connectivity index (χ3v) is 10.4. The molecule has 12 heteroatoms. The van der Waals surface area contributed by atoms with Crippen LogP contribution in [-0.2, 0) is 20.8 Å². The Kier molecular flexibility index (Phi) is 9.64. The van der Waals surface area contributed by atoms with Crippen LogP contribution in [0.25, 0.3) is 16.7 Å². The van der Waals surface area contributed by atoms with E-state index in [1.54, 1.807) is 11.0 Å². The summed E-state index contributed by atoms with van der Waals surface area (Å²) < 4.78 is 14.6. The van der Waals surface area contributed by atoms with E-state index in [0.29, 0.717) is 69.7 Å². The summed E-state index contributed by atoms with van der Waals surface area (Å²) >= 11 is 0. The van der Waals surface area contributed by atoms with Crippen molar-refractivity contribution in [3.05, 3.63) is 89.1 Å². The summed E-state index contributed by atoms with van der Waals surface area (Å²) in [5.41, 5.74) is 1.61. The van der Waals surface area contributed by atoms with Gasteiger partial charge in [0.1, 0.15) is 11.9 Å². The normalized spacial score (nSPS) is 21.1. The molecule has 7 rings (SSSR count). The fraction of sp³-hybridized carbons (Fsp3) is 0.487. The molecule has 4 aromatic rings. The average molecular weight is 697 g/mol. The molecule has 3 fully saturated rings. The lowest BCUT2D eigenvalue weighted by Crippen LogP contribution is -2.53. The number of carbonyl (C=O) groups excluding carboxylic acids is 2. The SMILES string of the molecule is CC(C)(C)OC(=O)N1CC[C@@H](C(=O)N2CCC(O)(Cn3cnc4c(ccn4-c4cccc(N5CCOCC5)c4)c3=O)CC2)[C@H](c2ccccc2)C1. The van der Waals surface area contributed by atoms with Gasteiger partial charge in [0.2, 0.25) is 5.91 Å². The van der Waals surface area contributed by atoms with E-state index in [1.807, 2.05) is 78.9 Å². The van der Waals surface area contributed by atoms with Crippen LogP contribution >= 0.6 is 0 Å². The third kappa shape index (κ3) is 7.52. The highest BCUT2D eigenvalue weighted by molar-refractivity contribution is 5.81. The number of aliphatic hydroxyl groups is 1. The van der Waals surface area contributed by atoms with Gasteiger partial charge in [0.05, 0.1) is 30.7 Å². The molecular weight excluding hydrogens is 648 g/mol. The number of hydrogen-bond acceptors (Lipinski definition) is 8. The van der Waals surface area contributed by atoms with Crippen LogP contribution in [0, 0.1) is 5.92 Å². The second-order valence-corrected chi connectivity index (χ2v) is 15.1. The molecule has 0 unspecified atom stereocenters. The Balaban J connectivity index is 1.02. The molecule has 3 aliphatic rings. The van der Waals surface area contributed by atoms with E-state index in [0.717, 1.165) is 30.0 Å². The minimum Gasteiger partial charge on any atom is -0.444 e. The molecule has 0 bridgehead atoms. The van der Waals surface area contributed by atoms with Gasteiger partial charge in [0, 0.05) is 68.7 Å². The summed E-state index contributed by atoms with van der Waals surface area (Å²) in [5.74, 6) is -0.439. The molecule has 0 spiro atoms. The predicted octanol–water partition coefficient (Wildman–Crippen LogP) is 4.42. The summed E-state index contributed by atoms with van der Waals surface area (Å²) in [4.78, 5) is 51.2. The molecule has 2 aromatic carbocycles. The lowest BCUT2D eigenvalue weighted by atomic mass is 9.79. The van der Waals surface area contributed by atoms with Crippen molar-refractivity contribution in [3.8, 4) is 5.69 Å². The Morgan fingerprint density at radius 2 is 1.67 bits per heavy atom. The Morgan fingerprint density at radius 1 is 0.941 bits per heavy atom. The van der Waals surface area contributed by atoms with Crippen LogP contribution in [0.3, 0.4) is 0 Å². The van der Waals surface area contributed by atoms with Crippen molar-refractivity contribution in [3.63, 3.8) is 0 Å². The van der Waals surface area contributed by atoms with Crippen LogP contribution in [-0.4, -0.2) is 105 Å². The van der Waals surface area contributed by atoms with Crippen molar-refractivity contribution in [1.82, 2.24) is 23.9 Å². The van der Waals surface area contributed by atoms with Crippen molar-refractivity contribution in [2.45, 2.75) is 63.7 Å². The van der Waals surface area contributed by atoms with Gasteiger partial charge < -0.3 is 33.8 Å². The fourth-order valence-corrected chi connectivity index (χ4v) is 7.67. The van der Waals surface area contributed by atoms with Crippen molar-refractivity contribution in [2.24, 2.45) is 5.92 Å². The number of piperidine rings is 2. The van der Waals surface area contributed by atoms with E-state index in [2.05, 4.69) is 22.0 Å². The molecule has 5 heterocycles. The van der Waals surface area contributed by atoms with Gasteiger partial charge in [-0.3, -0.25) is 14.2 Å². The minimum atomic E-state index is -1.16. The molecule has 1 N–H and O–H groups in total. The molecule has 3 aliphatic heterocycles. The zero-order valence-electron chi connectivity index (χ0n) is 29.7. The van der Waals surface area contributed by atoms with E-state index < -0.39 is 11.2 Å². The van der Waals surface area contributed by atoms with Gasteiger partial charge in [-0.05, 0) is 69.9 Å². The maximum absolute atomic E-state index is 14.1. The molecule has 0 saturated carbocycles. The number of anilines is 1. The van der Waals surface area contributed by atoms with Crippen LogP contribution in [0.1, 0.15) is 51.5 Å². The molecule has 51 heavy (non-hydrogen) atoms. The second kappa shape index (κ2) is 14.1. The molecule has 12 nitrogen and oxygen atoms in total. The summed E-state index contributed by atoms with van der Waals surface area (Å²) in [7, 11) is 0. The van der Waals surface area contributed by atoms with Crippen molar-refractivity contribution >= 4 is 28.7 Å². The number of likely N-dealkylation sites (tertiary alicyclic amines) is 2. The van der Waals surface area contributed by atoms with Crippen molar-refractivity contribution in [1.29, 1.82) is 0 Å². The maximum atomic E-state index is 14.1.